The van der Waals surface area contributed by atoms with Crippen molar-refractivity contribution in [3.05, 3.63) is 53.5 Å². The molecule has 5 nitrogen and oxygen atoms in total. The summed E-state index contributed by atoms with van der Waals surface area (Å²) in [5, 5.41) is 3.33. The van der Waals surface area contributed by atoms with Crippen LogP contribution in [0.4, 0.5) is 5.69 Å². The normalized spacial score (nSPS) is 20.4. The van der Waals surface area contributed by atoms with Gasteiger partial charge < -0.3 is 19.5 Å². The van der Waals surface area contributed by atoms with E-state index in [0.29, 0.717) is 18.3 Å². The van der Waals surface area contributed by atoms with Gasteiger partial charge in [-0.05, 0) is 44.0 Å². The fourth-order valence-electron chi connectivity index (χ4n) is 3.89. The third kappa shape index (κ3) is 3.16. The standard InChI is InChI=1S/C20H25N3O2/c1-15-13-16-5-2-3-6-18(16)23(15)14-17-7-12-25-19(17)20(24)22-10-4-8-21-9-11-22/h2-3,5-7,12,15,21H,4,8-11,13-14H2,1H3/t15-/m0/s1. The van der Waals surface area contributed by atoms with Gasteiger partial charge in [0.15, 0.2) is 5.76 Å². The molecule has 0 saturated carbocycles. The van der Waals surface area contributed by atoms with Crippen molar-refractivity contribution in [1.29, 1.82) is 0 Å². The summed E-state index contributed by atoms with van der Waals surface area (Å²) in [7, 11) is 0. The Morgan fingerprint density at radius 1 is 1.24 bits per heavy atom. The maximum Gasteiger partial charge on any atom is 0.289 e. The highest BCUT2D eigenvalue weighted by Gasteiger charge is 2.29. The van der Waals surface area contributed by atoms with E-state index in [0.717, 1.165) is 44.6 Å². The van der Waals surface area contributed by atoms with Gasteiger partial charge in [0.25, 0.3) is 5.91 Å². The van der Waals surface area contributed by atoms with Gasteiger partial charge in [0.1, 0.15) is 0 Å². The average Bonchev–Trinajstić information content (AvgIpc) is 3.09. The molecule has 1 amide bonds. The number of nitrogens with zero attached hydrogens (tertiary/aromatic N) is 2. The zero-order chi connectivity index (χ0) is 17.2. The first-order valence-electron chi connectivity index (χ1n) is 9.15. The van der Waals surface area contributed by atoms with Gasteiger partial charge in [0, 0.05) is 43.5 Å². The topological polar surface area (TPSA) is 48.7 Å². The molecule has 4 rings (SSSR count). The number of amides is 1. The Morgan fingerprint density at radius 2 is 2.12 bits per heavy atom. The lowest BCUT2D eigenvalue weighted by atomic mass is 10.1. The van der Waals surface area contributed by atoms with Crippen LogP contribution in [0.2, 0.25) is 0 Å². The predicted molar refractivity (Wildman–Crippen MR) is 97.9 cm³/mol. The summed E-state index contributed by atoms with van der Waals surface area (Å²) in [5.74, 6) is 0.516. The van der Waals surface area contributed by atoms with Crippen LogP contribution in [-0.4, -0.2) is 43.0 Å². The van der Waals surface area contributed by atoms with Crippen molar-refractivity contribution >= 4 is 11.6 Å². The molecule has 25 heavy (non-hydrogen) atoms. The quantitative estimate of drug-likeness (QED) is 0.934. The maximum absolute atomic E-state index is 12.9. The van der Waals surface area contributed by atoms with Crippen LogP contribution in [0.5, 0.6) is 0 Å². The number of carbonyl (C=O) groups excluding carboxylic acids is 1. The molecular weight excluding hydrogens is 314 g/mol. The molecule has 0 unspecified atom stereocenters. The SMILES string of the molecule is C[C@H]1Cc2ccccc2N1Cc1ccoc1C(=O)N1CCCNCC1. The van der Waals surface area contributed by atoms with Gasteiger partial charge >= 0.3 is 0 Å². The smallest absolute Gasteiger partial charge is 0.289 e. The van der Waals surface area contributed by atoms with E-state index in [9.17, 15) is 4.79 Å². The van der Waals surface area contributed by atoms with Gasteiger partial charge in [0.05, 0.1) is 6.26 Å². The molecule has 1 aromatic carbocycles. The molecule has 0 radical (unpaired) electrons. The molecule has 1 fully saturated rings. The zero-order valence-corrected chi connectivity index (χ0v) is 14.7. The van der Waals surface area contributed by atoms with Crippen molar-refractivity contribution in [2.75, 3.05) is 31.1 Å². The molecule has 2 aromatic rings. The van der Waals surface area contributed by atoms with Crippen molar-refractivity contribution in [3.63, 3.8) is 0 Å². The van der Waals surface area contributed by atoms with Gasteiger partial charge in [-0.2, -0.15) is 0 Å². The third-order valence-corrected chi connectivity index (χ3v) is 5.26. The minimum absolute atomic E-state index is 0.0174. The lowest BCUT2D eigenvalue weighted by Gasteiger charge is -2.25. The third-order valence-electron chi connectivity index (χ3n) is 5.26. The molecule has 0 aliphatic carbocycles. The summed E-state index contributed by atoms with van der Waals surface area (Å²) < 4.78 is 5.62. The number of rotatable bonds is 3. The summed E-state index contributed by atoms with van der Waals surface area (Å²) in [5.41, 5.74) is 3.63. The molecule has 5 heteroatoms. The van der Waals surface area contributed by atoms with Crippen molar-refractivity contribution in [2.45, 2.75) is 32.4 Å². The summed E-state index contributed by atoms with van der Waals surface area (Å²) in [6.07, 6.45) is 3.68. The summed E-state index contributed by atoms with van der Waals surface area (Å²) in [4.78, 5) is 17.2. The first-order valence-corrected chi connectivity index (χ1v) is 9.15. The number of benzene rings is 1. The Morgan fingerprint density at radius 3 is 3.04 bits per heavy atom. The largest absolute Gasteiger partial charge is 0.459 e. The number of fused-ring (bicyclic) bond motifs is 1. The fourth-order valence-corrected chi connectivity index (χ4v) is 3.89. The second-order valence-corrected chi connectivity index (χ2v) is 6.98. The van der Waals surface area contributed by atoms with E-state index in [4.69, 9.17) is 4.42 Å². The highest BCUT2D eigenvalue weighted by molar-refractivity contribution is 5.93. The van der Waals surface area contributed by atoms with E-state index >= 15 is 0 Å². The Hall–Kier alpha value is -2.27. The Labute approximate surface area is 148 Å². The Balaban J connectivity index is 1.55. The Kier molecular flexibility index (Phi) is 4.49. The molecule has 0 spiro atoms. The molecule has 132 valence electrons. The van der Waals surface area contributed by atoms with Gasteiger partial charge in [-0.25, -0.2) is 0 Å². The monoisotopic (exact) mass is 339 g/mol. The fraction of sp³-hybridized carbons (Fsp3) is 0.450. The molecular formula is C20H25N3O2. The molecule has 1 N–H and O–H groups in total. The van der Waals surface area contributed by atoms with Crippen LogP contribution in [-0.2, 0) is 13.0 Å². The van der Waals surface area contributed by atoms with Crippen LogP contribution < -0.4 is 10.2 Å². The second-order valence-electron chi connectivity index (χ2n) is 6.98. The zero-order valence-electron chi connectivity index (χ0n) is 14.7. The lowest BCUT2D eigenvalue weighted by molar-refractivity contribution is 0.0733. The second kappa shape index (κ2) is 6.92. The number of hydrogen-bond acceptors (Lipinski definition) is 4. The van der Waals surface area contributed by atoms with Gasteiger partial charge in [-0.1, -0.05) is 18.2 Å². The van der Waals surface area contributed by atoms with Crippen molar-refractivity contribution in [2.24, 2.45) is 0 Å². The van der Waals surface area contributed by atoms with Crippen molar-refractivity contribution in [3.8, 4) is 0 Å². The van der Waals surface area contributed by atoms with Gasteiger partial charge in [-0.15, -0.1) is 0 Å². The van der Waals surface area contributed by atoms with Crippen molar-refractivity contribution < 1.29 is 9.21 Å². The average molecular weight is 339 g/mol. The van der Waals surface area contributed by atoms with E-state index < -0.39 is 0 Å². The molecule has 1 atom stereocenters. The Bertz CT molecular complexity index is 747. The predicted octanol–water partition coefficient (Wildman–Crippen LogP) is 2.67. The molecule has 2 aliphatic rings. The van der Waals surface area contributed by atoms with Gasteiger partial charge in [-0.3, -0.25) is 4.79 Å². The number of furan rings is 1. The molecule has 0 bridgehead atoms. The van der Waals surface area contributed by atoms with Crippen LogP contribution in [0.25, 0.3) is 0 Å². The molecule has 3 heterocycles. The van der Waals surface area contributed by atoms with Crippen LogP contribution in [0, 0.1) is 0 Å². The summed E-state index contributed by atoms with van der Waals surface area (Å²) >= 11 is 0. The van der Waals surface area contributed by atoms with Crippen molar-refractivity contribution in [1.82, 2.24) is 10.2 Å². The first-order chi connectivity index (χ1) is 12.2. The maximum atomic E-state index is 12.9. The number of carbonyl (C=O) groups is 1. The lowest BCUT2D eigenvalue weighted by Crippen LogP contribution is -2.35. The highest BCUT2D eigenvalue weighted by atomic mass is 16.3. The van der Waals surface area contributed by atoms with E-state index in [1.165, 1.54) is 11.3 Å². The van der Waals surface area contributed by atoms with Crippen LogP contribution >= 0.6 is 0 Å². The molecule has 1 aromatic heterocycles. The summed E-state index contributed by atoms with van der Waals surface area (Å²) in [6.45, 7) is 6.29. The first kappa shape index (κ1) is 16.2. The van der Waals surface area contributed by atoms with E-state index in [-0.39, 0.29) is 5.91 Å². The number of para-hydroxylation sites is 1. The van der Waals surface area contributed by atoms with E-state index in [1.807, 2.05) is 11.0 Å². The highest BCUT2D eigenvalue weighted by Crippen LogP contribution is 2.33. The minimum Gasteiger partial charge on any atom is -0.459 e. The van der Waals surface area contributed by atoms with Crippen LogP contribution in [0.1, 0.15) is 35.0 Å². The minimum atomic E-state index is 0.0174. The molecule has 1 saturated heterocycles. The van der Waals surface area contributed by atoms with Crippen LogP contribution in [0.3, 0.4) is 0 Å². The number of nitrogens with one attached hydrogen (secondary N) is 1. The van der Waals surface area contributed by atoms with Crippen LogP contribution in [0.15, 0.2) is 41.0 Å². The van der Waals surface area contributed by atoms with E-state index in [2.05, 4.69) is 41.4 Å². The van der Waals surface area contributed by atoms with Gasteiger partial charge in [0.2, 0.25) is 0 Å². The number of hydrogen-bond donors (Lipinski definition) is 1. The number of anilines is 1. The van der Waals surface area contributed by atoms with E-state index in [1.54, 1.807) is 6.26 Å². The molecule has 2 aliphatic heterocycles. The summed E-state index contributed by atoms with van der Waals surface area (Å²) in [6, 6.07) is 10.9.